The fourth-order valence-corrected chi connectivity index (χ4v) is 3.19. The highest BCUT2D eigenvalue weighted by molar-refractivity contribution is 5.93. The van der Waals surface area contributed by atoms with Crippen molar-refractivity contribution in [3.8, 4) is 17.2 Å². The lowest BCUT2D eigenvalue weighted by Crippen LogP contribution is -2.26. The number of aromatic nitrogens is 3. The van der Waals surface area contributed by atoms with Crippen molar-refractivity contribution in [3.63, 3.8) is 0 Å². The molecule has 7 nitrogen and oxygen atoms in total. The molecule has 1 amide bonds. The minimum atomic E-state index is -2.95. The summed E-state index contributed by atoms with van der Waals surface area (Å²) in [6, 6.07) is 10.6. The molecule has 164 valence electrons. The van der Waals surface area contributed by atoms with Gasteiger partial charge in [-0.15, -0.1) is 5.10 Å². The molecule has 0 spiro atoms. The maximum absolute atomic E-state index is 12.6. The molecule has 0 saturated heterocycles. The van der Waals surface area contributed by atoms with Gasteiger partial charge in [0.25, 0.3) is 5.91 Å². The van der Waals surface area contributed by atoms with E-state index < -0.39 is 6.61 Å². The Morgan fingerprint density at radius 3 is 2.55 bits per heavy atom. The van der Waals surface area contributed by atoms with E-state index in [1.165, 1.54) is 18.0 Å². The molecule has 3 aromatic rings. The highest BCUT2D eigenvalue weighted by Crippen LogP contribution is 2.29. The minimum absolute atomic E-state index is 0.0476. The number of rotatable bonds is 8. The topological polar surface area (TPSA) is 78.3 Å². The van der Waals surface area contributed by atoms with Gasteiger partial charge < -0.3 is 14.8 Å². The van der Waals surface area contributed by atoms with Gasteiger partial charge >= 0.3 is 6.61 Å². The van der Waals surface area contributed by atoms with E-state index in [9.17, 15) is 13.6 Å². The van der Waals surface area contributed by atoms with Crippen LogP contribution in [-0.4, -0.2) is 41.2 Å². The van der Waals surface area contributed by atoms with Crippen LogP contribution < -0.4 is 14.8 Å². The number of halogens is 2. The van der Waals surface area contributed by atoms with Gasteiger partial charge in [0.05, 0.1) is 18.5 Å². The molecule has 0 saturated carbocycles. The van der Waals surface area contributed by atoms with Crippen molar-refractivity contribution < 1.29 is 23.0 Å². The van der Waals surface area contributed by atoms with Crippen molar-refractivity contribution in [3.05, 3.63) is 64.5 Å². The molecule has 31 heavy (non-hydrogen) atoms. The number of ether oxygens (including phenoxy) is 2. The van der Waals surface area contributed by atoms with Gasteiger partial charge in [0, 0.05) is 6.54 Å². The number of carbonyl (C=O) groups excluding carboxylic acids is 1. The van der Waals surface area contributed by atoms with Crippen LogP contribution in [0.25, 0.3) is 5.69 Å². The van der Waals surface area contributed by atoms with Gasteiger partial charge in [0.1, 0.15) is 0 Å². The van der Waals surface area contributed by atoms with Crippen LogP contribution >= 0.6 is 0 Å². The van der Waals surface area contributed by atoms with Gasteiger partial charge in [-0.25, -0.2) is 0 Å². The van der Waals surface area contributed by atoms with E-state index in [-0.39, 0.29) is 29.6 Å². The monoisotopic (exact) mass is 430 g/mol. The molecule has 9 heteroatoms. The summed E-state index contributed by atoms with van der Waals surface area (Å²) in [6.45, 7) is 3.02. The molecule has 0 atom stereocenters. The number of carbonyl (C=O) groups is 1. The van der Waals surface area contributed by atoms with Gasteiger partial charge in [-0.2, -0.15) is 18.7 Å². The van der Waals surface area contributed by atoms with E-state index in [1.54, 1.807) is 19.1 Å². The fourth-order valence-electron chi connectivity index (χ4n) is 3.19. The zero-order chi connectivity index (χ0) is 22.5. The maximum Gasteiger partial charge on any atom is 0.387 e. The first-order valence-electron chi connectivity index (χ1n) is 9.70. The summed E-state index contributed by atoms with van der Waals surface area (Å²) in [6.07, 6.45) is 0.416. The molecule has 0 bridgehead atoms. The summed E-state index contributed by atoms with van der Waals surface area (Å²) in [5, 5.41) is 11.5. The molecule has 3 rings (SSSR count). The Balaban J connectivity index is 1.66. The number of methoxy groups -OCH3 is 1. The number of hydrogen-bond donors (Lipinski definition) is 1. The second-order valence-corrected chi connectivity index (χ2v) is 7.08. The Bertz CT molecular complexity index is 1080. The predicted molar refractivity (Wildman–Crippen MR) is 111 cm³/mol. The van der Waals surface area contributed by atoms with Crippen molar-refractivity contribution in [1.82, 2.24) is 20.3 Å². The predicted octanol–water partition coefficient (Wildman–Crippen LogP) is 3.78. The molecule has 1 N–H and O–H groups in total. The van der Waals surface area contributed by atoms with Gasteiger partial charge in [0.15, 0.2) is 17.2 Å². The van der Waals surface area contributed by atoms with Crippen LogP contribution in [0.5, 0.6) is 11.5 Å². The summed E-state index contributed by atoms with van der Waals surface area (Å²) in [4.78, 5) is 14.0. The quantitative estimate of drug-likeness (QED) is 0.589. The largest absolute Gasteiger partial charge is 0.493 e. The van der Waals surface area contributed by atoms with E-state index in [0.717, 1.165) is 16.8 Å². The van der Waals surface area contributed by atoms with Crippen LogP contribution in [0.4, 0.5) is 8.78 Å². The normalized spacial score (nSPS) is 10.9. The summed E-state index contributed by atoms with van der Waals surface area (Å²) < 4.78 is 34.7. The average Bonchev–Trinajstić information content (AvgIpc) is 3.09. The third kappa shape index (κ3) is 5.36. The fraction of sp³-hybridized carbons (Fsp3) is 0.318. The number of nitrogens with one attached hydrogen (secondary N) is 1. The molecule has 0 aliphatic rings. The Morgan fingerprint density at radius 2 is 1.87 bits per heavy atom. The molecule has 0 unspecified atom stereocenters. The molecule has 0 radical (unpaired) electrons. The Kier molecular flexibility index (Phi) is 6.84. The van der Waals surface area contributed by atoms with Crippen LogP contribution in [0, 0.1) is 20.8 Å². The van der Waals surface area contributed by atoms with Crippen molar-refractivity contribution in [1.29, 1.82) is 0 Å². The minimum Gasteiger partial charge on any atom is -0.493 e. The van der Waals surface area contributed by atoms with E-state index in [0.29, 0.717) is 17.7 Å². The number of nitrogens with zero attached hydrogens (tertiary/aromatic N) is 3. The van der Waals surface area contributed by atoms with Crippen LogP contribution in [-0.2, 0) is 6.42 Å². The van der Waals surface area contributed by atoms with Crippen LogP contribution in [0.15, 0.2) is 36.4 Å². The third-order valence-corrected chi connectivity index (χ3v) is 4.71. The van der Waals surface area contributed by atoms with E-state index in [1.807, 2.05) is 32.0 Å². The lowest BCUT2D eigenvalue weighted by Gasteiger charge is -2.11. The zero-order valence-electron chi connectivity index (χ0n) is 17.8. The Morgan fingerprint density at radius 1 is 1.10 bits per heavy atom. The molecule has 1 heterocycles. The SMILES string of the molecule is COc1ccc(CCNC(=O)c2nn(-c3ccc(C)cc3C)nc2C)cc1OC(F)F. The first-order valence-corrected chi connectivity index (χ1v) is 9.70. The smallest absolute Gasteiger partial charge is 0.387 e. The van der Waals surface area contributed by atoms with Crippen molar-refractivity contribution >= 4 is 5.91 Å². The Labute approximate surface area is 179 Å². The molecule has 0 fully saturated rings. The lowest BCUT2D eigenvalue weighted by molar-refractivity contribution is -0.0512. The number of hydrogen-bond acceptors (Lipinski definition) is 5. The molecule has 2 aromatic carbocycles. The van der Waals surface area contributed by atoms with E-state index in [4.69, 9.17) is 4.74 Å². The van der Waals surface area contributed by atoms with Crippen LogP contribution in [0.2, 0.25) is 0 Å². The lowest BCUT2D eigenvalue weighted by atomic mass is 10.1. The standard InChI is InChI=1S/C22H24F2N4O3/c1-13-5-7-17(14(2)11-13)28-26-15(3)20(27-28)21(29)25-10-9-16-6-8-18(30-4)19(12-16)31-22(23)24/h5-8,11-12,22H,9-10H2,1-4H3,(H,25,29). The maximum atomic E-state index is 12.6. The Hall–Kier alpha value is -3.49. The second kappa shape index (κ2) is 9.55. The van der Waals surface area contributed by atoms with Crippen LogP contribution in [0.3, 0.4) is 0 Å². The number of aryl methyl sites for hydroxylation is 3. The zero-order valence-corrected chi connectivity index (χ0v) is 17.8. The average molecular weight is 430 g/mol. The van der Waals surface area contributed by atoms with Gasteiger partial charge in [0.2, 0.25) is 0 Å². The molecule has 0 aliphatic carbocycles. The summed E-state index contributed by atoms with van der Waals surface area (Å²) in [7, 11) is 1.38. The third-order valence-electron chi connectivity index (χ3n) is 4.71. The van der Waals surface area contributed by atoms with Gasteiger partial charge in [-0.3, -0.25) is 4.79 Å². The first-order chi connectivity index (χ1) is 14.8. The molecule has 0 aliphatic heterocycles. The van der Waals surface area contributed by atoms with Gasteiger partial charge in [-0.1, -0.05) is 23.8 Å². The summed E-state index contributed by atoms with van der Waals surface area (Å²) in [5.74, 6) is -0.189. The summed E-state index contributed by atoms with van der Waals surface area (Å²) >= 11 is 0. The summed E-state index contributed by atoms with van der Waals surface area (Å²) in [5.41, 5.74) is 4.39. The van der Waals surface area contributed by atoms with E-state index in [2.05, 4.69) is 20.3 Å². The van der Waals surface area contributed by atoms with Crippen LogP contribution in [0.1, 0.15) is 32.9 Å². The van der Waals surface area contributed by atoms with Gasteiger partial charge in [-0.05, 0) is 56.5 Å². The highest BCUT2D eigenvalue weighted by Gasteiger charge is 2.17. The van der Waals surface area contributed by atoms with Crippen molar-refractivity contribution in [2.24, 2.45) is 0 Å². The first kappa shape index (κ1) is 22.2. The van der Waals surface area contributed by atoms with Crippen molar-refractivity contribution in [2.75, 3.05) is 13.7 Å². The number of amides is 1. The molecular formula is C22H24F2N4O3. The second-order valence-electron chi connectivity index (χ2n) is 7.08. The number of alkyl halides is 2. The highest BCUT2D eigenvalue weighted by atomic mass is 19.3. The molecular weight excluding hydrogens is 406 g/mol. The number of benzene rings is 2. The van der Waals surface area contributed by atoms with E-state index >= 15 is 0 Å². The van der Waals surface area contributed by atoms with Crippen molar-refractivity contribution in [2.45, 2.75) is 33.8 Å². The molecule has 1 aromatic heterocycles.